The summed E-state index contributed by atoms with van der Waals surface area (Å²) in [6.45, 7) is 12.8. The molecule has 1 saturated heterocycles. The van der Waals surface area contributed by atoms with Crippen molar-refractivity contribution in [2.45, 2.75) is 6.42 Å². The van der Waals surface area contributed by atoms with Gasteiger partial charge in [-0.05, 0) is 18.6 Å². The summed E-state index contributed by atoms with van der Waals surface area (Å²) in [7, 11) is 0. The monoisotopic (exact) mass is 314 g/mol. The summed E-state index contributed by atoms with van der Waals surface area (Å²) in [5, 5.41) is 0. The zero-order valence-corrected chi connectivity index (χ0v) is 13.7. The molecule has 1 fully saturated rings. The molecule has 0 radical (unpaired) electrons. The second-order valence-electron chi connectivity index (χ2n) is 5.70. The van der Waals surface area contributed by atoms with Gasteiger partial charge in [-0.3, -0.25) is 14.7 Å². The van der Waals surface area contributed by atoms with Crippen LogP contribution in [-0.2, 0) is 4.79 Å². The highest BCUT2D eigenvalue weighted by atomic mass is 16.2. The average molecular weight is 314 g/mol. The molecule has 0 spiro atoms. The molecule has 0 aliphatic carbocycles. The molecule has 1 aliphatic heterocycles. The minimum Gasteiger partial charge on any atom is -0.370 e. The molecule has 0 atom stereocenters. The predicted octanol–water partition coefficient (Wildman–Crippen LogP) is 1.79. The number of carbonyl (C=O) groups excluding carboxylic acids is 1. The summed E-state index contributed by atoms with van der Waals surface area (Å²) in [5.41, 5.74) is 1.20. The minimum atomic E-state index is 0.141. The van der Waals surface area contributed by atoms with E-state index in [2.05, 4.69) is 27.9 Å². The highest BCUT2D eigenvalue weighted by molar-refractivity contribution is 5.78. The smallest absolute Gasteiger partial charge is 0.237 e. The van der Waals surface area contributed by atoms with Crippen LogP contribution in [0.25, 0.3) is 0 Å². The van der Waals surface area contributed by atoms with Crippen molar-refractivity contribution in [3.63, 3.8) is 0 Å². The Morgan fingerprint density at radius 3 is 2.48 bits per heavy atom. The third kappa shape index (κ3) is 5.21. The van der Waals surface area contributed by atoms with Crippen LogP contribution in [0, 0.1) is 0 Å². The molecular weight excluding hydrogens is 288 g/mol. The van der Waals surface area contributed by atoms with Gasteiger partial charge in [0, 0.05) is 57.3 Å². The van der Waals surface area contributed by atoms with Gasteiger partial charge in [-0.25, -0.2) is 0 Å². The fourth-order valence-corrected chi connectivity index (χ4v) is 2.82. The molecule has 0 saturated carbocycles. The SMILES string of the molecule is C=CCN(CC=C)C(=O)CN1CCCN(c2ccncc2)CC1. The van der Waals surface area contributed by atoms with Crippen molar-refractivity contribution >= 4 is 11.6 Å². The zero-order valence-electron chi connectivity index (χ0n) is 13.7. The molecule has 5 nitrogen and oxygen atoms in total. The predicted molar refractivity (Wildman–Crippen MR) is 94.5 cm³/mol. The number of amides is 1. The van der Waals surface area contributed by atoms with Crippen LogP contribution < -0.4 is 4.90 Å². The molecule has 1 aromatic heterocycles. The molecule has 2 heterocycles. The van der Waals surface area contributed by atoms with Crippen LogP contribution in [0.15, 0.2) is 49.8 Å². The quantitative estimate of drug-likeness (QED) is 0.720. The number of carbonyl (C=O) groups is 1. The highest BCUT2D eigenvalue weighted by Crippen LogP contribution is 2.15. The van der Waals surface area contributed by atoms with Crippen molar-refractivity contribution in [1.82, 2.24) is 14.8 Å². The fourth-order valence-electron chi connectivity index (χ4n) is 2.82. The van der Waals surface area contributed by atoms with E-state index >= 15 is 0 Å². The molecule has 1 aliphatic rings. The Labute approximate surface area is 138 Å². The van der Waals surface area contributed by atoms with Gasteiger partial charge in [0.05, 0.1) is 6.54 Å². The van der Waals surface area contributed by atoms with Gasteiger partial charge in [0.1, 0.15) is 0 Å². The standard InChI is InChI=1S/C18H26N4O/c1-3-10-22(11-4-2)18(23)16-20-12-5-13-21(15-14-20)17-6-8-19-9-7-17/h3-4,6-9H,1-2,5,10-16H2. The lowest BCUT2D eigenvalue weighted by molar-refractivity contribution is -0.131. The zero-order chi connectivity index (χ0) is 16.5. The molecule has 0 unspecified atom stereocenters. The summed E-state index contributed by atoms with van der Waals surface area (Å²) < 4.78 is 0. The van der Waals surface area contributed by atoms with Crippen LogP contribution >= 0.6 is 0 Å². The lowest BCUT2D eigenvalue weighted by Crippen LogP contribution is -2.42. The second-order valence-corrected chi connectivity index (χ2v) is 5.70. The number of rotatable bonds is 7. The van der Waals surface area contributed by atoms with Crippen LogP contribution in [0.4, 0.5) is 5.69 Å². The first-order valence-electron chi connectivity index (χ1n) is 8.11. The van der Waals surface area contributed by atoms with E-state index in [0.717, 1.165) is 32.6 Å². The summed E-state index contributed by atoms with van der Waals surface area (Å²) in [6.07, 6.45) is 8.22. The molecule has 0 N–H and O–H groups in total. The summed E-state index contributed by atoms with van der Waals surface area (Å²) >= 11 is 0. The van der Waals surface area contributed by atoms with Crippen LogP contribution in [0.5, 0.6) is 0 Å². The van der Waals surface area contributed by atoms with Gasteiger partial charge in [-0.2, -0.15) is 0 Å². The van der Waals surface area contributed by atoms with E-state index in [9.17, 15) is 4.79 Å². The molecule has 1 amide bonds. The van der Waals surface area contributed by atoms with E-state index < -0.39 is 0 Å². The first-order chi connectivity index (χ1) is 11.2. The Bertz CT molecular complexity index is 507. The van der Waals surface area contributed by atoms with E-state index in [1.54, 1.807) is 17.1 Å². The largest absolute Gasteiger partial charge is 0.370 e. The van der Waals surface area contributed by atoms with E-state index in [-0.39, 0.29) is 5.91 Å². The van der Waals surface area contributed by atoms with Gasteiger partial charge in [-0.15, -0.1) is 13.2 Å². The molecule has 124 valence electrons. The molecular formula is C18H26N4O. The Morgan fingerprint density at radius 1 is 1.13 bits per heavy atom. The van der Waals surface area contributed by atoms with Gasteiger partial charge in [0.2, 0.25) is 5.91 Å². The molecule has 0 bridgehead atoms. The van der Waals surface area contributed by atoms with E-state index in [0.29, 0.717) is 19.6 Å². The molecule has 5 heteroatoms. The number of hydrogen-bond acceptors (Lipinski definition) is 4. The first-order valence-corrected chi connectivity index (χ1v) is 8.11. The van der Waals surface area contributed by atoms with Gasteiger partial charge in [0.25, 0.3) is 0 Å². The Kier molecular flexibility index (Phi) is 6.81. The Balaban J connectivity index is 1.89. The van der Waals surface area contributed by atoms with Gasteiger partial charge in [-0.1, -0.05) is 12.2 Å². The van der Waals surface area contributed by atoms with Gasteiger partial charge < -0.3 is 9.80 Å². The number of nitrogens with zero attached hydrogens (tertiary/aromatic N) is 4. The lowest BCUT2D eigenvalue weighted by Gasteiger charge is -2.25. The van der Waals surface area contributed by atoms with E-state index in [1.807, 2.05) is 24.5 Å². The normalized spacial score (nSPS) is 15.7. The minimum absolute atomic E-state index is 0.141. The lowest BCUT2D eigenvalue weighted by atomic mass is 10.3. The van der Waals surface area contributed by atoms with E-state index in [4.69, 9.17) is 0 Å². The molecule has 0 aromatic carbocycles. The summed E-state index contributed by atoms with van der Waals surface area (Å²) in [4.78, 5) is 22.9. The summed E-state index contributed by atoms with van der Waals surface area (Å²) in [5.74, 6) is 0.141. The van der Waals surface area contributed by atoms with Gasteiger partial charge >= 0.3 is 0 Å². The second kappa shape index (κ2) is 9.10. The van der Waals surface area contributed by atoms with Crippen LogP contribution in [0.3, 0.4) is 0 Å². The Morgan fingerprint density at radius 2 is 1.83 bits per heavy atom. The van der Waals surface area contributed by atoms with Crippen molar-refractivity contribution in [2.75, 3.05) is 50.7 Å². The molecule has 1 aromatic rings. The van der Waals surface area contributed by atoms with Crippen LogP contribution in [0.2, 0.25) is 0 Å². The van der Waals surface area contributed by atoms with E-state index in [1.165, 1.54) is 5.69 Å². The maximum atomic E-state index is 12.4. The topological polar surface area (TPSA) is 39.7 Å². The number of anilines is 1. The summed E-state index contributed by atoms with van der Waals surface area (Å²) in [6, 6.07) is 4.08. The van der Waals surface area contributed by atoms with Crippen LogP contribution in [-0.4, -0.2) is 66.5 Å². The maximum Gasteiger partial charge on any atom is 0.237 e. The third-order valence-corrected chi connectivity index (χ3v) is 4.03. The Hall–Kier alpha value is -2.14. The van der Waals surface area contributed by atoms with Crippen molar-refractivity contribution in [1.29, 1.82) is 0 Å². The van der Waals surface area contributed by atoms with Crippen LogP contribution in [0.1, 0.15) is 6.42 Å². The maximum absolute atomic E-state index is 12.4. The molecule has 23 heavy (non-hydrogen) atoms. The fraction of sp³-hybridized carbons (Fsp3) is 0.444. The van der Waals surface area contributed by atoms with Gasteiger partial charge in [0.15, 0.2) is 0 Å². The third-order valence-electron chi connectivity index (χ3n) is 4.03. The highest BCUT2D eigenvalue weighted by Gasteiger charge is 2.19. The van der Waals surface area contributed by atoms with Crippen molar-refractivity contribution in [2.24, 2.45) is 0 Å². The number of aromatic nitrogens is 1. The van der Waals surface area contributed by atoms with Crippen molar-refractivity contribution in [3.05, 3.63) is 49.8 Å². The number of hydrogen-bond donors (Lipinski definition) is 0. The molecule has 2 rings (SSSR count). The average Bonchev–Trinajstić information content (AvgIpc) is 2.81. The van der Waals surface area contributed by atoms with Crippen molar-refractivity contribution in [3.8, 4) is 0 Å². The van der Waals surface area contributed by atoms with Crippen molar-refractivity contribution < 1.29 is 4.79 Å². The first kappa shape index (κ1) is 17.2. The number of pyridine rings is 1.